The maximum Gasteiger partial charge on any atom is 0.416 e. The van der Waals surface area contributed by atoms with Gasteiger partial charge in [-0.3, -0.25) is 0 Å². The van der Waals surface area contributed by atoms with E-state index in [-0.39, 0.29) is 0 Å². The first-order valence-electron chi connectivity index (χ1n) is 10.4. The first kappa shape index (κ1) is 22.8. The Morgan fingerprint density at radius 2 is 1.65 bits per heavy atom. The van der Waals surface area contributed by atoms with E-state index in [0.29, 0.717) is 30.1 Å². The topological polar surface area (TPSA) is 31.6 Å². The summed E-state index contributed by atoms with van der Waals surface area (Å²) in [5.74, 6) is 2.87. The van der Waals surface area contributed by atoms with Crippen molar-refractivity contribution in [1.82, 2.24) is 0 Å². The molecule has 0 fully saturated rings. The number of hydrogen-bond donors (Lipinski definition) is 0. The average Bonchev–Trinajstić information content (AvgIpc) is 3.19. The van der Waals surface area contributed by atoms with Gasteiger partial charge >= 0.3 is 6.18 Å². The molecule has 0 atom stereocenters. The molecule has 0 aliphatic rings. The van der Waals surface area contributed by atoms with Crippen molar-refractivity contribution in [2.75, 3.05) is 13.7 Å². The number of halogens is 3. The van der Waals surface area contributed by atoms with E-state index in [4.69, 9.17) is 13.9 Å². The Morgan fingerprint density at radius 3 is 2.26 bits per heavy atom. The van der Waals surface area contributed by atoms with Crippen molar-refractivity contribution in [2.45, 2.75) is 45.7 Å². The summed E-state index contributed by atoms with van der Waals surface area (Å²) in [5.41, 5.74) is 2.19. The number of aryl methyl sites for hydroxylation is 3. The third kappa shape index (κ3) is 5.63. The predicted octanol–water partition coefficient (Wildman–Crippen LogP) is 7.11. The molecule has 6 heteroatoms. The summed E-state index contributed by atoms with van der Waals surface area (Å²) in [4.78, 5) is 0. The van der Waals surface area contributed by atoms with E-state index in [1.165, 1.54) is 17.7 Å². The zero-order valence-corrected chi connectivity index (χ0v) is 18.0. The van der Waals surface area contributed by atoms with Crippen LogP contribution in [-0.4, -0.2) is 13.7 Å². The molecule has 0 aliphatic carbocycles. The summed E-state index contributed by atoms with van der Waals surface area (Å²) in [6.07, 6.45) is -1.19. The first-order valence-corrected chi connectivity index (χ1v) is 10.4. The van der Waals surface area contributed by atoms with Crippen LogP contribution in [0.15, 0.2) is 52.9 Å². The molecule has 0 unspecified atom stereocenters. The molecule has 3 rings (SSSR count). The van der Waals surface area contributed by atoms with Crippen LogP contribution in [0.5, 0.6) is 11.5 Å². The smallest absolute Gasteiger partial charge is 0.416 e. The van der Waals surface area contributed by atoms with Crippen molar-refractivity contribution in [1.29, 1.82) is 0 Å². The SMILES string of the molecule is CCc1ccc(OC)c(OCCCc2cc(-c3ccc(C(F)(F)F)cc3)oc2CC)c1. The van der Waals surface area contributed by atoms with Crippen LogP contribution in [0.4, 0.5) is 13.2 Å². The van der Waals surface area contributed by atoms with E-state index >= 15 is 0 Å². The highest BCUT2D eigenvalue weighted by atomic mass is 19.4. The number of benzene rings is 2. The van der Waals surface area contributed by atoms with Crippen LogP contribution in [-0.2, 0) is 25.4 Å². The van der Waals surface area contributed by atoms with Crippen LogP contribution in [0.2, 0.25) is 0 Å². The van der Waals surface area contributed by atoms with E-state index in [0.717, 1.165) is 48.5 Å². The molecular formula is C25H27F3O3. The minimum absolute atomic E-state index is 0.521. The van der Waals surface area contributed by atoms with Crippen LogP contribution in [0.25, 0.3) is 11.3 Å². The van der Waals surface area contributed by atoms with Gasteiger partial charge in [-0.2, -0.15) is 13.2 Å². The molecule has 0 amide bonds. The van der Waals surface area contributed by atoms with Crippen molar-refractivity contribution in [3.63, 3.8) is 0 Å². The second kappa shape index (κ2) is 9.94. The molecule has 1 aromatic heterocycles. The quantitative estimate of drug-likeness (QED) is 0.338. The number of rotatable bonds is 9. The summed E-state index contributed by atoms with van der Waals surface area (Å²) in [7, 11) is 1.62. The molecule has 1 heterocycles. The molecule has 0 N–H and O–H groups in total. The van der Waals surface area contributed by atoms with Gasteiger partial charge in [0.25, 0.3) is 0 Å². The zero-order valence-electron chi connectivity index (χ0n) is 18.0. The molecule has 0 spiro atoms. The summed E-state index contributed by atoms with van der Waals surface area (Å²) in [5, 5.41) is 0. The van der Waals surface area contributed by atoms with Gasteiger partial charge in [-0.1, -0.05) is 32.0 Å². The van der Waals surface area contributed by atoms with E-state index in [2.05, 4.69) is 6.92 Å². The number of hydrogen-bond acceptors (Lipinski definition) is 3. The fraction of sp³-hybridized carbons (Fsp3) is 0.360. The number of methoxy groups -OCH3 is 1. The second-order valence-electron chi connectivity index (χ2n) is 7.28. The van der Waals surface area contributed by atoms with Crippen LogP contribution < -0.4 is 9.47 Å². The molecule has 0 saturated heterocycles. The second-order valence-corrected chi connectivity index (χ2v) is 7.28. The highest BCUT2D eigenvalue weighted by Crippen LogP contribution is 2.33. The minimum atomic E-state index is -4.35. The Labute approximate surface area is 180 Å². The van der Waals surface area contributed by atoms with Gasteiger partial charge in [0, 0.05) is 12.0 Å². The molecular weight excluding hydrogens is 405 g/mol. The van der Waals surface area contributed by atoms with Gasteiger partial charge in [0.05, 0.1) is 19.3 Å². The lowest BCUT2D eigenvalue weighted by Gasteiger charge is -2.12. The monoisotopic (exact) mass is 432 g/mol. The minimum Gasteiger partial charge on any atom is -0.493 e. The molecule has 2 aromatic carbocycles. The fourth-order valence-corrected chi connectivity index (χ4v) is 3.44. The molecule has 0 aliphatic heterocycles. The Morgan fingerprint density at radius 1 is 0.903 bits per heavy atom. The molecule has 3 nitrogen and oxygen atoms in total. The lowest BCUT2D eigenvalue weighted by Crippen LogP contribution is -2.03. The molecule has 0 radical (unpaired) electrons. The van der Waals surface area contributed by atoms with Crippen LogP contribution in [0.3, 0.4) is 0 Å². The largest absolute Gasteiger partial charge is 0.493 e. The summed E-state index contributed by atoms with van der Waals surface area (Å²) < 4.78 is 55.6. The Hall–Kier alpha value is -2.89. The lowest BCUT2D eigenvalue weighted by atomic mass is 10.1. The average molecular weight is 432 g/mol. The molecule has 3 aromatic rings. The van der Waals surface area contributed by atoms with Crippen molar-refractivity contribution in [3.05, 3.63) is 71.0 Å². The Balaban J connectivity index is 1.65. The maximum absolute atomic E-state index is 12.8. The standard InChI is InChI=1S/C25H27F3O3/c1-4-17-8-13-22(29-3)24(15-17)30-14-6-7-19-16-23(31-21(19)5-2)18-9-11-20(12-10-18)25(26,27)28/h8-13,15-16H,4-7,14H2,1-3H3. The maximum atomic E-state index is 12.8. The predicted molar refractivity (Wildman–Crippen MR) is 115 cm³/mol. The van der Waals surface area contributed by atoms with Crippen molar-refractivity contribution in [2.24, 2.45) is 0 Å². The molecule has 31 heavy (non-hydrogen) atoms. The summed E-state index contributed by atoms with van der Waals surface area (Å²) in [6.45, 7) is 4.61. The molecule has 0 saturated carbocycles. The Bertz CT molecular complexity index is 988. The van der Waals surface area contributed by atoms with Crippen molar-refractivity contribution >= 4 is 0 Å². The zero-order chi connectivity index (χ0) is 22.4. The van der Waals surface area contributed by atoms with Gasteiger partial charge in [0.15, 0.2) is 11.5 Å². The van der Waals surface area contributed by atoms with Gasteiger partial charge in [0.1, 0.15) is 11.5 Å². The number of furan rings is 1. The fourth-order valence-electron chi connectivity index (χ4n) is 3.44. The number of ether oxygens (including phenoxy) is 2. The summed E-state index contributed by atoms with van der Waals surface area (Å²) >= 11 is 0. The first-order chi connectivity index (χ1) is 14.9. The van der Waals surface area contributed by atoms with E-state index in [9.17, 15) is 13.2 Å². The van der Waals surface area contributed by atoms with Gasteiger partial charge in [-0.15, -0.1) is 0 Å². The molecule has 0 bridgehead atoms. The van der Waals surface area contributed by atoms with Gasteiger partial charge in [0.2, 0.25) is 0 Å². The van der Waals surface area contributed by atoms with Crippen LogP contribution >= 0.6 is 0 Å². The third-order valence-corrected chi connectivity index (χ3v) is 5.20. The lowest BCUT2D eigenvalue weighted by molar-refractivity contribution is -0.137. The van der Waals surface area contributed by atoms with Gasteiger partial charge < -0.3 is 13.9 Å². The molecule has 166 valence electrons. The number of alkyl halides is 3. The highest BCUT2D eigenvalue weighted by Gasteiger charge is 2.30. The van der Waals surface area contributed by atoms with E-state index in [1.54, 1.807) is 7.11 Å². The van der Waals surface area contributed by atoms with Crippen LogP contribution in [0.1, 0.15) is 42.7 Å². The van der Waals surface area contributed by atoms with Crippen LogP contribution in [0, 0.1) is 0 Å². The Kier molecular flexibility index (Phi) is 7.31. The van der Waals surface area contributed by atoms with E-state index < -0.39 is 11.7 Å². The third-order valence-electron chi connectivity index (χ3n) is 5.20. The highest BCUT2D eigenvalue weighted by molar-refractivity contribution is 5.59. The normalized spacial score (nSPS) is 11.5. The van der Waals surface area contributed by atoms with Gasteiger partial charge in [-0.05, 0) is 60.7 Å². The van der Waals surface area contributed by atoms with Crippen molar-refractivity contribution < 1.29 is 27.1 Å². The van der Waals surface area contributed by atoms with E-state index in [1.807, 2.05) is 31.2 Å². The van der Waals surface area contributed by atoms with Gasteiger partial charge in [-0.25, -0.2) is 0 Å². The summed E-state index contributed by atoms with van der Waals surface area (Å²) in [6, 6.07) is 12.9. The van der Waals surface area contributed by atoms with Crippen molar-refractivity contribution in [3.8, 4) is 22.8 Å².